The molecule has 9 heteroatoms. The minimum atomic E-state index is -3.84. The van der Waals surface area contributed by atoms with Gasteiger partial charge >= 0.3 is 6.09 Å². The number of rotatable bonds is 8. The molecule has 0 atom stereocenters. The fourth-order valence-corrected chi connectivity index (χ4v) is 4.85. The number of unbranched alkanes of at least 4 members (excludes halogenated alkanes) is 1. The molecule has 0 aliphatic carbocycles. The number of aryl methyl sites for hydroxylation is 1. The van der Waals surface area contributed by atoms with E-state index in [0.29, 0.717) is 31.6 Å². The van der Waals surface area contributed by atoms with E-state index in [9.17, 15) is 18.0 Å². The zero-order valence-corrected chi connectivity index (χ0v) is 19.9. The molecular weight excluding hydrogens is 442 g/mol. The molecule has 8 nitrogen and oxygen atoms in total. The second kappa shape index (κ2) is 11.2. The first-order chi connectivity index (χ1) is 15.8. The van der Waals surface area contributed by atoms with Gasteiger partial charge in [-0.15, -0.1) is 0 Å². The van der Waals surface area contributed by atoms with E-state index < -0.39 is 10.0 Å². The van der Waals surface area contributed by atoms with Crippen molar-refractivity contribution in [2.24, 2.45) is 0 Å². The van der Waals surface area contributed by atoms with Crippen LogP contribution in [0.3, 0.4) is 0 Å². The Balaban J connectivity index is 1.62. The third kappa shape index (κ3) is 6.71. The fourth-order valence-electron chi connectivity index (χ4n) is 3.74. The van der Waals surface area contributed by atoms with Crippen molar-refractivity contribution in [3.8, 4) is 0 Å². The van der Waals surface area contributed by atoms with Gasteiger partial charge in [0.15, 0.2) is 0 Å². The number of sulfonamides is 1. The largest absolute Gasteiger partial charge is 0.453 e. The van der Waals surface area contributed by atoms with E-state index in [1.165, 1.54) is 19.2 Å². The number of ether oxygens (including phenoxy) is 1. The summed E-state index contributed by atoms with van der Waals surface area (Å²) >= 11 is 0. The van der Waals surface area contributed by atoms with Crippen LogP contribution in [-0.4, -0.2) is 51.6 Å². The van der Waals surface area contributed by atoms with E-state index in [4.69, 9.17) is 4.74 Å². The van der Waals surface area contributed by atoms with E-state index in [1.807, 2.05) is 12.1 Å². The molecule has 178 valence electrons. The summed E-state index contributed by atoms with van der Waals surface area (Å²) in [7, 11) is -2.50. The van der Waals surface area contributed by atoms with Crippen LogP contribution in [0.4, 0.5) is 10.5 Å². The molecule has 1 fully saturated rings. The van der Waals surface area contributed by atoms with Crippen LogP contribution in [0.2, 0.25) is 0 Å². The van der Waals surface area contributed by atoms with Crippen LogP contribution in [0.15, 0.2) is 53.4 Å². The fraction of sp³-hybridized carbons (Fsp3) is 0.417. The van der Waals surface area contributed by atoms with Crippen molar-refractivity contribution >= 4 is 27.7 Å². The highest BCUT2D eigenvalue weighted by Crippen LogP contribution is 2.19. The highest BCUT2D eigenvalue weighted by Gasteiger charge is 2.25. The Kier molecular flexibility index (Phi) is 8.32. The molecule has 1 heterocycles. The Morgan fingerprint density at radius 1 is 1.09 bits per heavy atom. The Labute approximate surface area is 195 Å². The lowest BCUT2D eigenvalue weighted by Crippen LogP contribution is -2.46. The minimum Gasteiger partial charge on any atom is -0.453 e. The van der Waals surface area contributed by atoms with E-state index in [-0.39, 0.29) is 28.5 Å². The molecule has 1 aliphatic rings. The molecule has 0 spiro atoms. The lowest BCUT2D eigenvalue weighted by molar-refractivity contribution is 0.0892. The molecule has 3 rings (SSSR count). The second-order valence-electron chi connectivity index (χ2n) is 8.14. The van der Waals surface area contributed by atoms with E-state index in [0.717, 1.165) is 24.8 Å². The van der Waals surface area contributed by atoms with Gasteiger partial charge in [-0.2, -0.15) is 0 Å². The third-order valence-electron chi connectivity index (χ3n) is 5.69. The van der Waals surface area contributed by atoms with Crippen LogP contribution in [0.1, 0.15) is 48.5 Å². The van der Waals surface area contributed by atoms with Crippen molar-refractivity contribution in [3.63, 3.8) is 0 Å². The molecule has 1 aliphatic heterocycles. The molecular formula is C24H31N3O5S. The summed E-state index contributed by atoms with van der Waals surface area (Å²) in [5, 5.41) is 2.93. The third-order valence-corrected chi connectivity index (χ3v) is 7.07. The van der Waals surface area contributed by atoms with Gasteiger partial charge in [0.1, 0.15) is 0 Å². The van der Waals surface area contributed by atoms with Gasteiger partial charge in [-0.05, 0) is 61.6 Å². The molecule has 33 heavy (non-hydrogen) atoms. The lowest BCUT2D eigenvalue weighted by Gasteiger charge is -2.31. The lowest BCUT2D eigenvalue weighted by atomic mass is 10.0. The van der Waals surface area contributed by atoms with Crippen LogP contribution in [0.5, 0.6) is 0 Å². The predicted molar refractivity (Wildman–Crippen MR) is 127 cm³/mol. The van der Waals surface area contributed by atoms with Gasteiger partial charge in [-0.3, -0.25) is 9.52 Å². The zero-order chi connectivity index (χ0) is 23.8. The number of piperidine rings is 1. The van der Waals surface area contributed by atoms with Crippen LogP contribution < -0.4 is 10.0 Å². The first kappa shape index (κ1) is 24.6. The van der Waals surface area contributed by atoms with E-state index in [1.54, 1.807) is 29.2 Å². The van der Waals surface area contributed by atoms with Gasteiger partial charge in [-0.25, -0.2) is 13.2 Å². The van der Waals surface area contributed by atoms with Crippen LogP contribution >= 0.6 is 0 Å². The highest BCUT2D eigenvalue weighted by atomic mass is 32.2. The van der Waals surface area contributed by atoms with Gasteiger partial charge in [0.05, 0.1) is 12.0 Å². The Morgan fingerprint density at radius 2 is 1.79 bits per heavy atom. The molecule has 1 saturated heterocycles. The van der Waals surface area contributed by atoms with Crippen molar-refractivity contribution < 1.29 is 22.7 Å². The standard InChI is InChI=1S/C24H31N3O5S/c1-3-4-6-18-9-11-21(12-10-18)26-33(30,31)22-8-5-7-19(17-22)23(28)25-20-13-15-27(16-14-20)24(29)32-2/h5,7-12,17,20,26H,3-4,6,13-16H2,1-2H3,(H,25,28). The van der Waals surface area contributed by atoms with E-state index in [2.05, 4.69) is 17.0 Å². The van der Waals surface area contributed by atoms with Crippen molar-refractivity contribution in [1.82, 2.24) is 10.2 Å². The zero-order valence-electron chi connectivity index (χ0n) is 19.0. The number of amides is 2. The molecule has 0 bridgehead atoms. The second-order valence-corrected chi connectivity index (χ2v) is 9.82. The monoisotopic (exact) mass is 473 g/mol. The maximum absolute atomic E-state index is 12.9. The van der Waals surface area contributed by atoms with Crippen LogP contribution in [0, 0.1) is 0 Å². The number of hydrogen-bond donors (Lipinski definition) is 2. The quantitative estimate of drug-likeness (QED) is 0.607. The molecule has 0 unspecified atom stereocenters. The number of benzene rings is 2. The average Bonchev–Trinajstić information content (AvgIpc) is 2.83. The smallest absolute Gasteiger partial charge is 0.409 e. The Hall–Kier alpha value is -3.07. The number of likely N-dealkylation sites (tertiary alicyclic amines) is 1. The average molecular weight is 474 g/mol. The number of methoxy groups -OCH3 is 1. The summed E-state index contributed by atoms with van der Waals surface area (Å²) in [5.74, 6) is -0.344. The summed E-state index contributed by atoms with van der Waals surface area (Å²) in [5.41, 5.74) is 1.90. The Morgan fingerprint density at radius 3 is 2.42 bits per heavy atom. The Bertz CT molecular complexity index is 1060. The first-order valence-corrected chi connectivity index (χ1v) is 12.7. The summed E-state index contributed by atoms with van der Waals surface area (Å²) in [6.07, 6.45) is 3.99. The maximum atomic E-state index is 12.9. The van der Waals surface area contributed by atoms with Gasteiger partial charge < -0.3 is 15.0 Å². The topological polar surface area (TPSA) is 105 Å². The van der Waals surface area contributed by atoms with Crippen LogP contribution in [0.25, 0.3) is 0 Å². The molecule has 2 N–H and O–H groups in total. The number of carbonyl (C=O) groups excluding carboxylic acids is 2. The molecule has 0 aromatic heterocycles. The van der Waals surface area contributed by atoms with Gasteiger partial charge in [0, 0.05) is 30.4 Å². The normalized spacial score (nSPS) is 14.5. The van der Waals surface area contributed by atoms with E-state index >= 15 is 0 Å². The van der Waals surface area contributed by atoms with Gasteiger partial charge in [0.25, 0.3) is 15.9 Å². The number of nitrogens with one attached hydrogen (secondary N) is 2. The minimum absolute atomic E-state index is 0.0192. The van der Waals surface area contributed by atoms with Gasteiger partial charge in [-0.1, -0.05) is 31.5 Å². The molecule has 2 amide bonds. The van der Waals surface area contributed by atoms with Crippen molar-refractivity contribution in [1.29, 1.82) is 0 Å². The summed E-state index contributed by atoms with van der Waals surface area (Å²) in [6, 6.07) is 13.2. The van der Waals surface area contributed by atoms with Crippen LogP contribution in [-0.2, 0) is 21.2 Å². The number of hydrogen-bond acceptors (Lipinski definition) is 5. The number of nitrogens with zero attached hydrogens (tertiary/aromatic N) is 1. The molecule has 0 saturated carbocycles. The SMILES string of the molecule is CCCCc1ccc(NS(=O)(=O)c2cccc(C(=O)NC3CCN(C(=O)OC)CC3)c2)cc1. The maximum Gasteiger partial charge on any atom is 0.409 e. The van der Waals surface area contributed by atoms with Gasteiger partial charge in [0.2, 0.25) is 0 Å². The van der Waals surface area contributed by atoms with Crippen molar-refractivity contribution in [2.45, 2.75) is 50.0 Å². The number of anilines is 1. The summed E-state index contributed by atoms with van der Waals surface area (Å²) < 4.78 is 33.0. The highest BCUT2D eigenvalue weighted by molar-refractivity contribution is 7.92. The van der Waals surface area contributed by atoms with Crippen molar-refractivity contribution in [3.05, 3.63) is 59.7 Å². The first-order valence-electron chi connectivity index (χ1n) is 11.2. The van der Waals surface area contributed by atoms with Crippen molar-refractivity contribution in [2.75, 3.05) is 24.9 Å². The molecule has 2 aromatic carbocycles. The summed E-state index contributed by atoms with van der Waals surface area (Å²) in [6.45, 7) is 3.12. The number of carbonyl (C=O) groups is 2. The predicted octanol–water partition coefficient (Wildman–Crippen LogP) is 3.79. The summed E-state index contributed by atoms with van der Waals surface area (Å²) in [4.78, 5) is 25.9. The molecule has 0 radical (unpaired) electrons. The molecule has 2 aromatic rings.